The summed E-state index contributed by atoms with van der Waals surface area (Å²) in [6.45, 7) is 1.86. The highest BCUT2D eigenvalue weighted by molar-refractivity contribution is 8.18. The van der Waals surface area contributed by atoms with Crippen LogP contribution in [0.1, 0.15) is 22.5 Å². The van der Waals surface area contributed by atoms with Gasteiger partial charge in [-0.05, 0) is 55.1 Å². The predicted molar refractivity (Wildman–Crippen MR) is 165 cm³/mol. The number of aryl methyl sites for hydroxylation is 1. The average molecular weight is 596 g/mol. The number of nitro groups is 1. The molecule has 0 bridgehead atoms. The Labute approximate surface area is 250 Å². The minimum absolute atomic E-state index is 0.0693. The lowest BCUT2D eigenvalue weighted by molar-refractivity contribution is -0.384. The second-order valence-electron chi connectivity index (χ2n) is 9.30. The average Bonchev–Trinajstić information content (AvgIpc) is 3.62. The van der Waals surface area contributed by atoms with Crippen LogP contribution in [0.25, 0.3) is 6.08 Å². The molecule has 0 atom stereocenters. The van der Waals surface area contributed by atoms with E-state index in [9.17, 15) is 19.7 Å². The van der Waals surface area contributed by atoms with E-state index in [1.807, 2.05) is 31.2 Å². The Balaban J connectivity index is 1.34. The molecule has 4 aromatic rings. The Morgan fingerprint density at radius 1 is 1.09 bits per heavy atom. The fraction of sp³-hybridized carbons (Fsp3) is 0.0968. The van der Waals surface area contributed by atoms with Crippen molar-refractivity contribution >= 4 is 52.4 Å². The maximum absolute atomic E-state index is 13.5. The number of carbonyl (C=O) groups is 2. The molecule has 0 saturated carbocycles. The van der Waals surface area contributed by atoms with Crippen molar-refractivity contribution < 1.29 is 23.7 Å². The van der Waals surface area contributed by atoms with Crippen molar-refractivity contribution in [3.63, 3.8) is 0 Å². The first-order valence-electron chi connectivity index (χ1n) is 13.0. The first-order valence-corrected chi connectivity index (χ1v) is 13.8. The standard InChI is InChI=1S/C31H25N5O6S/c1-21-11-13-24(14-12-21)33-29(37)20-42-27-10-3-2-7-23(27)17-28-30(38)35(19-26-9-5-15-41-26)31(43-28)34-32-18-22-6-4-8-25(16-22)36(39)40/h2-18H,19-20H2,1H3,(H,33,37)/b28-17-,32-18+,34-31-. The van der Waals surface area contributed by atoms with E-state index in [-0.39, 0.29) is 30.7 Å². The number of hydrogen-bond acceptors (Lipinski definition) is 9. The van der Waals surface area contributed by atoms with Gasteiger partial charge in [-0.3, -0.25) is 24.6 Å². The van der Waals surface area contributed by atoms with Crippen LogP contribution in [0.2, 0.25) is 0 Å². The maximum atomic E-state index is 13.5. The molecule has 2 heterocycles. The predicted octanol–water partition coefficient (Wildman–Crippen LogP) is 6.02. The topological polar surface area (TPSA) is 140 Å². The first kappa shape index (κ1) is 29.0. The Kier molecular flexibility index (Phi) is 9.08. The molecule has 1 N–H and O–H groups in total. The molecule has 0 aliphatic carbocycles. The molecule has 5 rings (SSSR count). The molecule has 1 aromatic heterocycles. The van der Waals surface area contributed by atoms with Gasteiger partial charge in [-0.25, -0.2) is 0 Å². The molecule has 1 saturated heterocycles. The van der Waals surface area contributed by atoms with Gasteiger partial charge in [0.25, 0.3) is 17.5 Å². The summed E-state index contributed by atoms with van der Waals surface area (Å²) < 4.78 is 11.3. The summed E-state index contributed by atoms with van der Waals surface area (Å²) in [6, 6.07) is 23.9. The van der Waals surface area contributed by atoms with Crippen molar-refractivity contribution in [3.8, 4) is 5.75 Å². The molecule has 1 fully saturated rings. The Hall–Kier alpha value is -5.49. The van der Waals surface area contributed by atoms with Crippen molar-refractivity contribution in [2.24, 2.45) is 10.2 Å². The molecule has 1 aliphatic heterocycles. The quantitative estimate of drug-likeness (QED) is 0.102. The highest BCUT2D eigenvalue weighted by Gasteiger charge is 2.34. The number of thioether (sulfide) groups is 1. The number of amidine groups is 1. The number of anilines is 1. The third-order valence-corrected chi connectivity index (χ3v) is 7.11. The second-order valence-corrected chi connectivity index (χ2v) is 10.3. The summed E-state index contributed by atoms with van der Waals surface area (Å²) in [5.41, 5.74) is 2.76. The second kappa shape index (κ2) is 13.4. The van der Waals surface area contributed by atoms with E-state index in [1.54, 1.807) is 54.6 Å². The number of amides is 2. The van der Waals surface area contributed by atoms with E-state index in [2.05, 4.69) is 15.5 Å². The number of nitrogens with one attached hydrogen (secondary N) is 1. The number of para-hydroxylation sites is 1. The molecule has 43 heavy (non-hydrogen) atoms. The minimum atomic E-state index is -0.491. The number of benzene rings is 3. The molecular formula is C31H25N5O6S. The van der Waals surface area contributed by atoms with E-state index in [0.29, 0.717) is 38.4 Å². The van der Waals surface area contributed by atoms with Gasteiger partial charge in [0, 0.05) is 28.9 Å². The third kappa shape index (κ3) is 7.63. The van der Waals surface area contributed by atoms with Crippen LogP contribution in [0.15, 0.2) is 111 Å². The van der Waals surface area contributed by atoms with Crippen LogP contribution in [-0.4, -0.2) is 39.6 Å². The van der Waals surface area contributed by atoms with Gasteiger partial charge in [0.15, 0.2) is 11.8 Å². The largest absolute Gasteiger partial charge is 0.483 e. The van der Waals surface area contributed by atoms with Gasteiger partial charge in [0.2, 0.25) is 0 Å². The smallest absolute Gasteiger partial charge is 0.270 e. The molecule has 0 unspecified atom stereocenters. The molecular weight excluding hydrogens is 570 g/mol. The molecule has 0 radical (unpaired) electrons. The maximum Gasteiger partial charge on any atom is 0.270 e. The number of rotatable bonds is 10. The lowest BCUT2D eigenvalue weighted by Gasteiger charge is -2.12. The zero-order chi connectivity index (χ0) is 30.2. The molecule has 3 aromatic carbocycles. The number of carbonyl (C=O) groups excluding carboxylic acids is 2. The van der Waals surface area contributed by atoms with E-state index < -0.39 is 4.92 Å². The number of ether oxygens (including phenoxy) is 1. The number of non-ortho nitro benzene ring substituents is 1. The molecule has 216 valence electrons. The van der Waals surface area contributed by atoms with Gasteiger partial charge in [-0.2, -0.15) is 5.10 Å². The molecule has 1 aliphatic rings. The zero-order valence-electron chi connectivity index (χ0n) is 22.9. The fourth-order valence-electron chi connectivity index (χ4n) is 3.99. The van der Waals surface area contributed by atoms with Crippen molar-refractivity contribution in [1.29, 1.82) is 0 Å². The number of hydrogen-bond donors (Lipinski definition) is 1. The van der Waals surface area contributed by atoms with Crippen LogP contribution in [0.4, 0.5) is 11.4 Å². The highest BCUT2D eigenvalue weighted by atomic mass is 32.2. The lowest BCUT2D eigenvalue weighted by atomic mass is 10.2. The fourth-order valence-corrected chi connectivity index (χ4v) is 4.92. The van der Waals surface area contributed by atoms with Crippen LogP contribution in [-0.2, 0) is 16.1 Å². The van der Waals surface area contributed by atoms with Gasteiger partial charge < -0.3 is 14.5 Å². The zero-order valence-corrected chi connectivity index (χ0v) is 23.7. The Morgan fingerprint density at radius 3 is 2.67 bits per heavy atom. The number of nitrogens with zero attached hydrogens (tertiary/aromatic N) is 4. The molecule has 0 spiro atoms. The SMILES string of the molecule is Cc1ccc(NC(=O)COc2ccccc2/C=C2\S/C(=N\N=C\c3cccc([N+](=O)[O-])c3)N(Cc3ccco3)C2=O)cc1. The van der Waals surface area contributed by atoms with Crippen molar-refractivity contribution in [2.75, 3.05) is 11.9 Å². The summed E-state index contributed by atoms with van der Waals surface area (Å²) in [6.07, 6.45) is 4.56. The van der Waals surface area contributed by atoms with Crippen LogP contribution in [0.5, 0.6) is 5.75 Å². The number of furan rings is 1. The van der Waals surface area contributed by atoms with Crippen LogP contribution in [0, 0.1) is 17.0 Å². The van der Waals surface area contributed by atoms with E-state index in [1.165, 1.54) is 29.5 Å². The van der Waals surface area contributed by atoms with Crippen molar-refractivity contribution in [3.05, 3.63) is 129 Å². The van der Waals surface area contributed by atoms with Gasteiger partial charge >= 0.3 is 0 Å². The summed E-state index contributed by atoms with van der Waals surface area (Å²) >= 11 is 1.11. The third-order valence-electron chi connectivity index (χ3n) is 6.11. The summed E-state index contributed by atoms with van der Waals surface area (Å²) in [5.74, 6) is 0.332. The van der Waals surface area contributed by atoms with E-state index in [4.69, 9.17) is 9.15 Å². The van der Waals surface area contributed by atoms with Gasteiger partial charge in [0.05, 0.1) is 28.9 Å². The molecule has 12 heteroatoms. The monoisotopic (exact) mass is 595 g/mol. The van der Waals surface area contributed by atoms with Gasteiger partial charge in [-0.15, -0.1) is 5.10 Å². The highest BCUT2D eigenvalue weighted by Crippen LogP contribution is 2.35. The summed E-state index contributed by atoms with van der Waals surface area (Å²) in [5, 5.41) is 22.5. The van der Waals surface area contributed by atoms with Crippen molar-refractivity contribution in [1.82, 2.24) is 4.90 Å². The lowest BCUT2D eigenvalue weighted by Crippen LogP contribution is -2.28. The molecule has 11 nitrogen and oxygen atoms in total. The molecule has 2 amide bonds. The number of nitro benzene ring substituents is 1. The van der Waals surface area contributed by atoms with Gasteiger partial charge in [-0.1, -0.05) is 48.0 Å². The van der Waals surface area contributed by atoms with Gasteiger partial charge in [0.1, 0.15) is 11.5 Å². The summed E-state index contributed by atoms with van der Waals surface area (Å²) in [4.78, 5) is 38.3. The van der Waals surface area contributed by atoms with Crippen molar-refractivity contribution in [2.45, 2.75) is 13.5 Å². The Morgan fingerprint density at radius 2 is 1.91 bits per heavy atom. The van der Waals surface area contributed by atoms with Crippen LogP contribution in [0.3, 0.4) is 0 Å². The Bertz CT molecular complexity index is 1730. The normalized spacial score (nSPS) is 15.0. The minimum Gasteiger partial charge on any atom is -0.483 e. The summed E-state index contributed by atoms with van der Waals surface area (Å²) in [7, 11) is 0. The van der Waals surface area contributed by atoms with E-state index >= 15 is 0 Å². The van der Waals surface area contributed by atoms with E-state index in [0.717, 1.165) is 17.3 Å². The first-order chi connectivity index (χ1) is 20.9. The van der Waals surface area contributed by atoms with Crippen LogP contribution < -0.4 is 10.1 Å². The van der Waals surface area contributed by atoms with Crippen LogP contribution >= 0.6 is 11.8 Å².